The number of H-pyrrole nitrogens is 1. The van der Waals surface area contributed by atoms with E-state index in [1.165, 1.54) is 6.42 Å². The highest BCUT2D eigenvalue weighted by molar-refractivity contribution is 6.02. The Morgan fingerprint density at radius 2 is 1.73 bits per heavy atom. The van der Waals surface area contributed by atoms with E-state index in [-0.39, 0.29) is 17.9 Å². The fraction of sp³-hybridized carbons (Fsp3) is 0.355. The molecule has 0 atom stereocenters. The molecule has 0 radical (unpaired) electrons. The van der Waals surface area contributed by atoms with Crippen LogP contribution in [0.1, 0.15) is 51.5 Å². The lowest BCUT2D eigenvalue weighted by molar-refractivity contribution is 0.262. The monoisotopic (exact) mass is 541 g/mol. The number of carbonyl (C=O) groups excluding carboxylic acids is 1. The van der Waals surface area contributed by atoms with E-state index >= 15 is 4.39 Å². The van der Waals surface area contributed by atoms with Gasteiger partial charge in [0.1, 0.15) is 5.82 Å². The van der Waals surface area contributed by atoms with E-state index in [4.69, 9.17) is 0 Å². The van der Waals surface area contributed by atoms with Crippen LogP contribution in [0.4, 0.5) is 26.2 Å². The smallest absolute Gasteiger partial charge is 0.323 e. The van der Waals surface area contributed by atoms with Crippen molar-refractivity contribution in [2.75, 3.05) is 22.1 Å². The van der Waals surface area contributed by atoms with Crippen molar-refractivity contribution in [3.63, 3.8) is 0 Å². The van der Waals surface area contributed by atoms with Gasteiger partial charge >= 0.3 is 6.03 Å². The highest BCUT2D eigenvalue weighted by Crippen LogP contribution is 2.40. The van der Waals surface area contributed by atoms with Crippen molar-refractivity contribution in [1.29, 1.82) is 0 Å². The Morgan fingerprint density at radius 1 is 1.00 bits per heavy atom. The minimum absolute atomic E-state index is 0.287. The summed E-state index contributed by atoms with van der Waals surface area (Å²) in [4.78, 5) is 15.6. The summed E-state index contributed by atoms with van der Waals surface area (Å²) in [6, 6.07) is 18.2. The molecule has 1 aromatic heterocycles. The van der Waals surface area contributed by atoms with Crippen LogP contribution in [0.3, 0.4) is 0 Å². The molecule has 0 unspecified atom stereocenters. The molecule has 1 fully saturated rings. The molecular formula is C31H36FN7O. The van der Waals surface area contributed by atoms with Gasteiger partial charge in [0, 0.05) is 29.4 Å². The van der Waals surface area contributed by atoms with Gasteiger partial charge in [0.25, 0.3) is 0 Å². The van der Waals surface area contributed by atoms with Crippen molar-refractivity contribution in [2.24, 2.45) is 5.92 Å². The van der Waals surface area contributed by atoms with Gasteiger partial charge in [0.05, 0.1) is 11.4 Å². The standard InChI is InChI=1S/C31H36FN7O/c1-20(2)19-39(23-9-5-4-6-10-23)29-18-27(32)26(24-11-7-8-12-25(24)30-35-37-38-36-30)17-28(29)34-31(40)33-22-15-13-21(3)14-16-22/h7-8,11-18,20,23H,4-6,9-10,19H2,1-3H3,(H2,33,34,40)(H,35,36,37,38). The second-order valence-corrected chi connectivity index (χ2v) is 10.9. The van der Waals surface area contributed by atoms with Gasteiger partial charge < -0.3 is 15.5 Å². The predicted octanol–water partition coefficient (Wildman–Crippen LogP) is 7.42. The van der Waals surface area contributed by atoms with Crippen LogP contribution in [0.15, 0.2) is 60.7 Å². The van der Waals surface area contributed by atoms with Gasteiger partial charge in [-0.25, -0.2) is 14.3 Å². The molecule has 3 aromatic carbocycles. The molecule has 2 amide bonds. The van der Waals surface area contributed by atoms with E-state index < -0.39 is 0 Å². The summed E-state index contributed by atoms with van der Waals surface area (Å²) in [6.07, 6.45) is 5.61. The number of rotatable bonds is 8. The third-order valence-corrected chi connectivity index (χ3v) is 7.35. The van der Waals surface area contributed by atoms with E-state index in [1.807, 2.05) is 55.5 Å². The van der Waals surface area contributed by atoms with E-state index in [0.717, 1.165) is 37.8 Å². The Bertz CT molecular complexity index is 1430. The molecule has 0 spiro atoms. The van der Waals surface area contributed by atoms with E-state index in [2.05, 4.69) is 50.0 Å². The maximum atomic E-state index is 16.1. The molecule has 9 heteroatoms. The minimum Gasteiger partial charge on any atom is -0.367 e. The fourth-order valence-electron chi connectivity index (χ4n) is 5.46. The molecular weight excluding hydrogens is 505 g/mol. The van der Waals surface area contributed by atoms with E-state index in [1.54, 1.807) is 12.1 Å². The largest absolute Gasteiger partial charge is 0.367 e. The highest BCUT2D eigenvalue weighted by atomic mass is 19.1. The third kappa shape index (κ3) is 6.30. The maximum Gasteiger partial charge on any atom is 0.323 e. The van der Waals surface area contributed by atoms with E-state index in [9.17, 15) is 4.79 Å². The number of tetrazole rings is 1. The summed E-state index contributed by atoms with van der Waals surface area (Å²) in [5, 5.41) is 20.2. The summed E-state index contributed by atoms with van der Waals surface area (Å²) < 4.78 is 16.1. The number of hydrogen-bond donors (Lipinski definition) is 3. The number of aromatic nitrogens is 4. The molecule has 1 heterocycles. The first-order valence-corrected chi connectivity index (χ1v) is 14.0. The van der Waals surface area contributed by atoms with Gasteiger partial charge in [0.2, 0.25) is 0 Å². The molecule has 208 valence electrons. The average Bonchev–Trinajstić information content (AvgIpc) is 3.49. The molecule has 3 N–H and O–H groups in total. The second-order valence-electron chi connectivity index (χ2n) is 10.9. The van der Waals surface area contributed by atoms with Gasteiger partial charge in [-0.15, -0.1) is 5.10 Å². The first-order chi connectivity index (χ1) is 19.4. The number of halogens is 1. The molecule has 4 aromatic rings. The Morgan fingerprint density at radius 3 is 2.40 bits per heavy atom. The lowest BCUT2D eigenvalue weighted by atomic mass is 9.92. The van der Waals surface area contributed by atoms with Crippen LogP contribution in [-0.2, 0) is 0 Å². The molecule has 1 saturated carbocycles. The normalized spacial score (nSPS) is 13.8. The second kappa shape index (κ2) is 12.3. The number of amides is 2. The summed E-state index contributed by atoms with van der Waals surface area (Å²) in [7, 11) is 0. The number of aromatic amines is 1. The van der Waals surface area contributed by atoms with Crippen LogP contribution in [0, 0.1) is 18.7 Å². The number of benzene rings is 3. The summed E-state index contributed by atoms with van der Waals surface area (Å²) in [6.45, 7) is 7.09. The van der Waals surface area contributed by atoms with Crippen molar-refractivity contribution >= 4 is 23.1 Å². The van der Waals surface area contributed by atoms with Crippen LogP contribution in [-0.4, -0.2) is 39.2 Å². The number of aryl methyl sites for hydroxylation is 1. The van der Waals surface area contributed by atoms with Crippen molar-refractivity contribution in [3.05, 3.63) is 72.0 Å². The molecule has 40 heavy (non-hydrogen) atoms. The Hall–Kier alpha value is -4.27. The summed E-state index contributed by atoms with van der Waals surface area (Å²) in [5.74, 6) is 0.428. The molecule has 0 bridgehead atoms. The van der Waals surface area contributed by atoms with Crippen molar-refractivity contribution in [2.45, 2.75) is 58.9 Å². The number of anilines is 3. The van der Waals surface area contributed by atoms with E-state index in [0.29, 0.717) is 45.5 Å². The zero-order valence-corrected chi connectivity index (χ0v) is 23.2. The van der Waals surface area contributed by atoms with Crippen LogP contribution in [0.2, 0.25) is 0 Å². The maximum absolute atomic E-state index is 16.1. The number of nitrogens with one attached hydrogen (secondary N) is 3. The first-order valence-electron chi connectivity index (χ1n) is 14.0. The molecule has 1 aliphatic carbocycles. The summed E-state index contributed by atoms with van der Waals surface area (Å²) in [5.41, 5.74) is 4.68. The van der Waals surface area contributed by atoms with Gasteiger partial charge in [0.15, 0.2) is 5.82 Å². The lowest BCUT2D eigenvalue weighted by Crippen LogP contribution is -2.40. The average molecular weight is 542 g/mol. The third-order valence-electron chi connectivity index (χ3n) is 7.35. The number of hydrogen-bond acceptors (Lipinski definition) is 5. The van der Waals surface area contributed by atoms with Gasteiger partial charge in [-0.05, 0) is 65.9 Å². The Balaban J connectivity index is 1.58. The van der Waals surface area contributed by atoms with Crippen molar-refractivity contribution in [3.8, 4) is 22.5 Å². The fourth-order valence-corrected chi connectivity index (χ4v) is 5.46. The highest BCUT2D eigenvalue weighted by Gasteiger charge is 2.27. The number of urea groups is 1. The lowest BCUT2D eigenvalue weighted by Gasteiger charge is -2.38. The number of nitrogens with zero attached hydrogens (tertiary/aromatic N) is 4. The molecule has 8 nitrogen and oxygen atoms in total. The van der Waals surface area contributed by atoms with Crippen LogP contribution < -0.4 is 15.5 Å². The Labute approximate surface area is 234 Å². The van der Waals surface area contributed by atoms with Crippen molar-refractivity contribution in [1.82, 2.24) is 20.6 Å². The molecule has 1 aliphatic rings. The minimum atomic E-state index is -0.386. The topological polar surface area (TPSA) is 98.8 Å². The Kier molecular flexibility index (Phi) is 8.38. The quantitative estimate of drug-likeness (QED) is 0.216. The SMILES string of the molecule is Cc1ccc(NC(=O)Nc2cc(-c3ccccc3-c3nnn[nH]3)c(F)cc2N(CC(C)C)C2CCCCC2)cc1. The van der Waals surface area contributed by atoms with Crippen LogP contribution in [0.25, 0.3) is 22.5 Å². The first kappa shape index (κ1) is 27.3. The zero-order chi connectivity index (χ0) is 28.1. The van der Waals surface area contributed by atoms with Crippen LogP contribution in [0.5, 0.6) is 0 Å². The summed E-state index contributed by atoms with van der Waals surface area (Å²) >= 11 is 0. The van der Waals surface area contributed by atoms with Crippen LogP contribution >= 0.6 is 0 Å². The van der Waals surface area contributed by atoms with Crippen molar-refractivity contribution < 1.29 is 9.18 Å². The molecule has 0 aliphatic heterocycles. The predicted molar refractivity (Wildman–Crippen MR) is 158 cm³/mol. The molecule has 5 rings (SSSR count). The van der Waals surface area contributed by atoms with Gasteiger partial charge in [-0.3, -0.25) is 0 Å². The molecule has 0 saturated heterocycles. The van der Waals surface area contributed by atoms with Gasteiger partial charge in [-0.1, -0.05) is 75.1 Å². The zero-order valence-electron chi connectivity index (χ0n) is 23.2. The van der Waals surface area contributed by atoms with Gasteiger partial charge in [-0.2, -0.15) is 0 Å². The number of carbonyl (C=O) groups is 1.